The van der Waals surface area contributed by atoms with E-state index in [1.165, 1.54) is 15.6 Å². The van der Waals surface area contributed by atoms with Gasteiger partial charge >= 0.3 is 0 Å². The first-order valence-corrected chi connectivity index (χ1v) is 9.05. The zero-order valence-corrected chi connectivity index (χ0v) is 13.2. The highest BCUT2D eigenvalue weighted by Gasteiger charge is 2.45. The van der Waals surface area contributed by atoms with Crippen LogP contribution in [-0.2, 0) is 14.8 Å². The Hall–Kier alpha value is -0.920. The van der Waals surface area contributed by atoms with E-state index in [2.05, 4.69) is 0 Å². The van der Waals surface area contributed by atoms with E-state index in [9.17, 15) is 13.2 Å². The summed E-state index contributed by atoms with van der Waals surface area (Å²) in [5, 5.41) is 0. The predicted octanol–water partition coefficient (Wildman–Crippen LogP) is 1.44. The van der Waals surface area contributed by atoms with Crippen LogP contribution in [0.2, 0.25) is 0 Å². The molecule has 2 fully saturated rings. The van der Waals surface area contributed by atoms with E-state index in [0.717, 1.165) is 24.3 Å². The Morgan fingerprint density at radius 1 is 1.35 bits per heavy atom. The smallest absolute Gasteiger partial charge is 0.253 e. The number of thiophene rings is 1. The molecule has 0 aromatic carbocycles. The van der Waals surface area contributed by atoms with Gasteiger partial charge in [-0.05, 0) is 38.8 Å². The molecule has 3 rings (SSSR count). The van der Waals surface area contributed by atoms with Crippen molar-refractivity contribution in [3.63, 3.8) is 0 Å². The Bertz CT molecular complexity index is 638. The molecule has 0 radical (unpaired) electrons. The van der Waals surface area contributed by atoms with Crippen molar-refractivity contribution in [3.05, 3.63) is 17.0 Å². The van der Waals surface area contributed by atoms with Gasteiger partial charge in [-0.25, -0.2) is 8.42 Å². The number of sulfonamides is 1. The Labute approximate surface area is 123 Å². The van der Waals surface area contributed by atoms with Crippen molar-refractivity contribution < 1.29 is 13.2 Å². The number of carbonyl (C=O) groups excluding carboxylic acids is 1. The molecule has 2 aliphatic rings. The first kappa shape index (κ1) is 14.0. The van der Waals surface area contributed by atoms with Crippen molar-refractivity contribution in [2.24, 2.45) is 0 Å². The van der Waals surface area contributed by atoms with Crippen molar-refractivity contribution in [2.45, 2.75) is 43.0 Å². The fraction of sp³-hybridized carbons (Fsp3) is 0.615. The third-order valence-corrected chi connectivity index (χ3v) is 7.52. The zero-order valence-electron chi connectivity index (χ0n) is 11.6. The average molecular weight is 314 g/mol. The number of aryl methyl sites for hydroxylation is 1. The minimum Gasteiger partial charge on any atom is -0.337 e. The molecule has 7 heteroatoms. The van der Waals surface area contributed by atoms with E-state index in [-0.39, 0.29) is 11.9 Å². The van der Waals surface area contributed by atoms with Gasteiger partial charge in [0.1, 0.15) is 10.3 Å². The molecule has 0 N–H and O–H groups in total. The highest BCUT2D eigenvalue weighted by molar-refractivity contribution is 7.91. The molecule has 0 bridgehead atoms. The molecule has 2 saturated heterocycles. The molecule has 0 unspecified atom stereocenters. The van der Waals surface area contributed by atoms with Crippen molar-refractivity contribution >= 4 is 27.3 Å². The van der Waals surface area contributed by atoms with Gasteiger partial charge in [-0.15, -0.1) is 11.3 Å². The van der Waals surface area contributed by atoms with E-state index < -0.39 is 16.1 Å². The summed E-state index contributed by atoms with van der Waals surface area (Å²) in [6, 6.07) is 2.88. The van der Waals surface area contributed by atoms with Gasteiger partial charge < -0.3 is 4.90 Å². The molecule has 20 heavy (non-hydrogen) atoms. The maximum Gasteiger partial charge on any atom is 0.253 e. The molecular formula is C13H18N2O3S2. The lowest BCUT2D eigenvalue weighted by Crippen LogP contribution is -2.59. The summed E-state index contributed by atoms with van der Waals surface area (Å²) in [7, 11) is -3.56. The molecule has 1 amide bonds. The van der Waals surface area contributed by atoms with E-state index in [0.29, 0.717) is 10.8 Å². The average Bonchev–Trinajstić information content (AvgIpc) is 3.02. The van der Waals surface area contributed by atoms with Crippen LogP contribution < -0.4 is 0 Å². The number of rotatable bonds is 2. The standard InChI is InChI=1S/C13H18N2O3S2/c1-9-5-6-12(19-9)20(17,18)15-8-11-4-3-7-14(11)13(16)10(15)2/h5-6,10-11H,3-4,7-8H2,1-2H3/t10-,11+/m0/s1. The molecule has 1 aromatic rings. The Morgan fingerprint density at radius 2 is 2.10 bits per heavy atom. The number of amides is 1. The van der Waals surface area contributed by atoms with Gasteiger partial charge in [0, 0.05) is 24.0 Å². The summed E-state index contributed by atoms with van der Waals surface area (Å²) < 4.78 is 27.1. The fourth-order valence-electron chi connectivity index (χ4n) is 3.02. The number of hydrogen-bond acceptors (Lipinski definition) is 4. The maximum absolute atomic E-state index is 12.7. The number of nitrogens with zero attached hydrogens (tertiary/aromatic N) is 2. The third kappa shape index (κ3) is 2.08. The molecule has 0 aliphatic carbocycles. The monoisotopic (exact) mass is 314 g/mol. The fourth-order valence-corrected chi connectivity index (χ4v) is 6.06. The molecule has 1 aromatic heterocycles. The number of fused-ring (bicyclic) bond motifs is 1. The van der Waals surface area contributed by atoms with Gasteiger partial charge in [-0.1, -0.05) is 0 Å². The van der Waals surface area contributed by atoms with Crippen LogP contribution in [0.5, 0.6) is 0 Å². The molecule has 2 atom stereocenters. The number of carbonyl (C=O) groups is 1. The van der Waals surface area contributed by atoms with Crippen LogP contribution in [0.1, 0.15) is 24.6 Å². The second kappa shape index (κ2) is 4.82. The van der Waals surface area contributed by atoms with Crippen LogP contribution in [0.4, 0.5) is 0 Å². The number of piperazine rings is 1. The van der Waals surface area contributed by atoms with Crippen molar-refractivity contribution in [1.29, 1.82) is 0 Å². The molecule has 3 heterocycles. The van der Waals surface area contributed by atoms with Crippen molar-refractivity contribution in [2.75, 3.05) is 13.1 Å². The minimum absolute atomic E-state index is 0.0505. The van der Waals surface area contributed by atoms with E-state index in [4.69, 9.17) is 0 Å². The van der Waals surface area contributed by atoms with Crippen LogP contribution in [0, 0.1) is 6.92 Å². The summed E-state index contributed by atoms with van der Waals surface area (Å²) in [6.45, 7) is 4.76. The van der Waals surface area contributed by atoms with Crippen LogP contribution in [0.25, 0.3) is 0 Å². The Kier molecular flexibility index (Phi) is 3.38. The topological polar surface area (TPSA) is 57.7 Å². The van der Waals surface area contributed by atoms with Gasteiger partial charge in [-0.2, -0.15) is 4.31 Å². The summed E-state index contributed by atoms with van der Waals surface area (Å²) >= 11 is 1.26. The quantitative estimate of drug-likeness (QED) is 0.830. The molecular weight excluding hydrogens is 296 g/mol. The van der Waals surface area contributed by atoms with E-state index >= 15 is 0 Å². The largest absolute Gasteiger partial charge is 0.337 e. The normalized spacial score (nSPS) is 27.9. The van der Waals surface area contributed by atoms with Crippen LogP contribution in [-0.4, -0.2) is 48.7 Å². The van der Waals surface area contributed by atoms with Gasteiger partial charge in [0.05, 0.1) is 0 Å². The van der Waals surface area contributed by atoms with Crippen molar-refractivity contribution in [1.82, 2.24) is 9.21 Å². The summed E-state index contributed by atoms with van der Waals surface area (Å²) in [5.41, 5.74) is 0. The van der Waals surface area contributed by atoms with Crippen LogP contribution in [0.15, 0.2) is 16.3 Å². The highest BCUT2D eigenvalue weighted by atomic mass is 32.2. The summed E-state index contributed by atoms with van der Waals surface area (Å²) in [4.78, 5) is 15.1. The van der Waals surface area contributed by atoms with E-state index in [1.54, 1.807) is 19.1 Å². The van der Waals surface area contributed by atoms with Gasteiger partial charge in [0.15, 0.2) is 0 Å². The maximum atomic E-state index is 12.7. The van der Waals surface area contributed by atoms with Gasteiger partial charge in [-0.3, -0.25) is 4.79 Å². The molecule has 110 valence electrons. The number of hydrogen-bond donors (Lipinski definition) is 0. The molecule has 0 spiro atoms. The lowest BCUT2D eigenvalue weighted by molar-refractivity contribution is -0.139. The molecule has 2 aliphatic heterocycles. The summed E-state index contributed by atoms with van der Waals surface area (Å²) in [6.07, 6.45) is 1.86. The molecule has 5 nitrogen and oxygen atoms in total. The minimum atomic E-state index is -3.56. The molecule has 0 saturated carbocycles. The Balaban J connectivity index is 1.95. The zero-order chi connectivity index (χ0) is 14.5. The lowest BCUT2D eigenvalue weighted by atomic mass is 10.1. The first-order chi connectivity index (χ1) is 9.41. The lowest BCUT2D eigenvalue weighted by Gasteiger charge is -2.40. The Morgan fingerprint density at radius 3 is 2.75 bits per heavy atom. The first-order valence-electron chi connectivity index (χ1n) is 6.80. The van der Waals surface area contributed by atoms with Crippen molar-refractivity contribution in [3.8, 4) is 0 Å². The second-order valence-electron chi connectivity index (χ2n) is 5.44. The SMILES string of the molecule is Cc1ccc(S(=O)(=O)N2C[C@H]3CCCN3C(=O)[C@@H]2C)s1. The summed E-state index contributed by atoms with van der Waals surface area (Å²) in [5.74, 6) is -0.0596. The van der Waals surface area contributed by atoms with Crippen LogP contribution >= 0.6 is 11.3 Å². The third-order valence-electron chi connectivity index (χ3n) is 4.12. The van der Waals surface area contributed by atoms with E-state index in [1.807, 2.05) is 11.8 Å². The van der Waals surface area contributed by atoms with Gasteiger partial charge in [0.25, 0.3) is 10.0 Å². The van der Waals surface area contributed by atoms with Crippen LogP contribution in [0.3, 0.4) is 0 Å². The highest BCUT2D eigenvalue weighted by Crippen LogP contribution is 2.32. The van der Waals surface area contributed by atoms with Gasteiger partial charge in [0.2, 0.25) is 5.91 Å². The predicted molar refractivity (Wildman–Crippen MR) is 77.1 cm³/mol. The second-order valence-corrected chi connectivity index (χ2v) is 8.85.